The van der Waals surface area contributed by atoms with Gasteiger partial charge in [-0.25, -0.2) is 13.6 Å². The number of ketones is 1. The minimum Gasteiger partial charge on any atom is -0.399 e. The largest absolute Gasteiger partial charge is 0.399 e. The number of carbonyl (C=O) groups is 1. The van der Waals surface area contributed by atoms with Crippen LogP contribution in [-0.2, 0) is 10.0 Å². The number of nitrogen functional groups attached to an aromatic ring is 1. The number of Topliss-reactive ketones (excluding diaryl/α,β-unsaturated/α-hetero) is 1. The monoisotopic (exact) mass is 305 g/mol. The molecule has 0 aliphatic carbocycles. The summed E-state index contributed by atoms with van der Waals surface area (Å²) in [7, 11) is -3.98. The molecule has 2 rings (SSSR count). The molecular formula is C14H15N3O3S. The van der Waals surface area contributed by atoms with Crippen molar-refractivity contribution in [2.24, 2.45) is 5.14 Å². The van der Waals surface area contributed by atoms with Crippen molar-refractivity contribution in [2.75, 3.05) is 17.6 Å². The van der Waals surface area contributed by atoms with E-state index in [1.165, 1.54) is 18.2 Å². The van der Waals surface area contributed by atoms with Gasteiger partial charge in [0.05, 0.1) is 11.4 Å². The topological polar surface area (TPSA) is 115 Å². The van der Waals surface area contributed by atoms with E-state index in [9.17, 15) is 13.2 Å². The van der Waals surface area contributed by atoms with Gasteiger partial charge in [0.15, 0.2) is 5.78 Å². The molecule has 110 valence electrons. The average molecular weight is 305 g/mol. The Labute approximate surface area is 122 Å². The molecule has 6 nitrogen and oxygen atoms in total. The lowest BCUT2D eigenvalue weighted by atomic mass is 10.1. The Morgan fingerprint density at radius 2 is 1.76 bits per heavy atom. The first-order chi connectivity index (χ1) is 9.88. The van der Waals surface area contributed by atoms with Crippen molar-refractivity contribution in [1.82, 2.24) is 0 Å². The van der Waals surface area contributed by atoms with E-state index in [-0.39, 0.29) is 17.0 Å². The standard InChI is InChI=1S/C14H15N3O3S/c15-10-6-7-14(21(16,19)20)12(8-10)13(18)9-17-11-4-2-1-3-5-11/h1-8,17H,9,15H2,(H2,16,19,20). The van der Waals surface area contributed by atoms with Crippen LogP contribution < -0.4 is 16.2 Å². The molecular weight excluding hydrogens is 290 g/mol. The Morgan fingerprint density at radius 1 is 1.10 bits per heavy atom. The summed E-state index contributed by atoms with van der Waals surface area (Å²) >= 11 is 0. The van der Waals surface area contributed by atoms with Crippen molar-refractivity contribution in [3.8, 4) is 0 Å². The summed E-state index contributed by atoms with van der Waals surface area (Å²) in [4.78, 5) is 12.0. The first kappa shape index (κ1) is 15.0. The summed E-state index contributed by atoms with van der Waals surface area (Å²) in [6, 6.07) is 13.0. The number of anilines is 2. The maximum atomic E-state index is 12.2. The summed E-state index contributed by atoms with van der Waals surface area (Å²) in [6.07, 6.45) is 0. The van der Waals surface area contributed by atoms with Crippen LogP contribution in [0.4, 0.5) is 11.4 Å². The third-order valence-corrected chi connectivity index (χ3v) is 3.81. The zero-order chi connectivity index (χ0) is 15.5. The second-order valence-electron chi connectivity index (χ2n) is 4.44. The van der Waals surface area contributed by atoms with Gasteiger partial charge >= 0.3 is 0 Å². The lowest BCUT2D eigenvalue weighted by molar-refractivity contribution is 0.100. The van der Waals surface area contributed by atoms with Crippen molar-refractivity contribution in [3.63, 3.8) is 0 Å². The molecule has 0 radical (unpaired) electrons. The summed E-state index contributed by atoms with van der Waals surface area (Å²) < 4.78 is 23.0. The van der Waals surface area contributed by atoms with Gasteiger partial charge in [0.2, 0.25) is 10.0 Å². The minimum atomic E-state index is -3.98. The number of nitrogens with two attached hydrogens (primary N) is 2. The molecule has 0 bridgehead atoms. The van der Waals surface area contributed by atoms with Crippen LogP contribution in [0.25, 0.3) is 0 Å². The quantitative estimate of drug-likeness (QED) is 0.567. The SMILES string of the molecule is Nc1ccc(S(N)(=O)=O)c(C(=O)CNc2ccccc2)c1. The van der Waals surface area contributed by atoms with Gasteiger partial charge in [0.1, 0.15) is 0 Å². The maximum absolute atomic E-state index is 12.2. The van der Waals surface area contributed by atoms with Crippen molar-refractivity contribution >= 4 is 27.2 Å². The smallest absolute Gasteiger partial charge is 0.238 e. The van der Waals surface area contributed by atoms with Gasteiger partial charge in [0, 0.05) is 16.9 Å². The predicted octanol–water partition coefficient (Wildman–Crippen LogP) is 1.21. The molecule has 0 fully saturated rings. The molecule has 0 aliphatic rings. The molecule has 0 saturated carbocycles. The number of nitrogens with one attached hydrogen (secondary N) is 1. The average Bonchev–Trinajstić information content (AvgIpc) is 2.44. The number of benzene rings is 2. The highest BCUT2D eigenvalue weighted by molar-refractivity contribution is 7.89. The highest BCUT2D eigenvalue weighted by Gasteiger charge is 2.19. The number of hydrogen-bond donors (Lipinski definition) is 3. The van der Waals surface area contributed by atoms with Gasteiger partial charge in [-0.1, -0.05) is 18.2 Å². The number of hydrogen-bond acceptors (Lipinski definition) is 5. The van der Waals surface area contributed by atoms with Crippen LogP contribution in [0.1, 0.15) is 10.4 Å². The van der Waals surface area contributed by atoms with E-state index in [0.29, 0.717) is 5.69 Å². The van der Waals surface area contributed by atoms with Crippen LogP contribution in [0.15, 0.2) is 53.4 Å². The van der Waals surface area contributed by atoms with Gasteiger partial charge < -0.3 is 11.1 Å². The molecule has 2 aromatic rings. The molecule has 0 heterocycles. The molecule has 0 amide bonds. The van der Waals surface area contributed by atoms with Crippen molar-refractivity contribution in [2.45, 2.75) is 4.90 Å². The number of rotatable bonds is 5. The van der Waals surface area contributed by atoms with Crippen molar-refractivity contribution < 1.29 is 13.2 Å². The van der Waals surface area contributed by atoms with Gasteiger partial charge in [0.25, 0.3) is 0 Å². The molecule has 0 aromatic heterocycles. The summed E-state index contributed by atoms with van der Waals surface area (Å²) in [5, 5.41) is 8.03. The zero-order valence-corrected chi connectivity index (χ0v) is 11.9. The van der Waals surface area contributed by atoms with Gasteiger partial charge in [-0.2, -0.15) is 0 Å². The first-order valence-electron chi connectivity index (χ1n) is 6.12. The molecule has 0 saturated heterocycles. The molecule has 7 heteroatoms. The van der Waals surface area contributed by atoms with E-state index in [1.54, 1.807) is 12.1 Å². The Morgan fingerprint density at radius 3 is 2.38 bits per heavy atom. The van der Waals surface area contributed by atoms with E-state index < -0.39 is 15.8 Å². The zero-order valence-electron chi connectivity index (χ0n) is 11.1. The van der Waals surface area contributed by atoms with Crippen LogP contribution >= 0.6 is 0 Å². The van der Waals surface area contributed by atoms with Gasteiger partial charge in [-0.3, -0.25) is 4.79 Å². The van der Waals surface area contributed by atoms with E-state index in [4.69, 9.17) is 10.9 Å². The first-order valence-corrected chi connectivity index (χ1v) is 7.67. The lowest BCUT2D eigenvalue weighted by Gasteiger charge is -2.09. The summed E-state index contributed by atoms with van der Waals surface area (Å²) in [5.74, 6) is -0.407. The van der Waals surface area contributed by atoms with E-state index in [1.807, 2.05) is 18.2 Å². The third-order valence-electron chi connectivity index (χ3n) is 2.84. The van der Waals surface area contributed by atoms with Gasteiger partial charge in [-0.15, -0.1) is 0 Å². The number of sulfonamides is 1. The second kappa shape index (κ2) is 5.94. The Hall–Kier alpha value is -2.38. The lowest BCUT2D eigenvalue weighted by Crippen LogP contribution is -2.21. The van der Waals surface area contributed by atoms with E-state index >= 15 is 0 Å². The van der Waals surface area contributed by atoms with Crippen molar-refractivity contribution in [3.05, 3.63) is 54.1 Å². The third kappa shape index (κ3) is 3.80. The van der Waals surface area contributed by atoms with Crippen LogP contribution in [-0.4, -0.2) is 20.7 Å². The highest BCUT2D eigenvalue weighted by atomic mass is 32.2. The predicted molar refractivity (Wildman–Crippen MR) is 81.5 cm³/mol. The van der Waals surface area contributed by atoms with Gasteiger partial charge in [-0.05, 0) is 30.3 Å². The molecule has 5 N–H and O–H groups in total. The number of carbonyl (C=O) groups excluding carboxylic acids is 1. The molecule has 0 unspecified atom stereocenters. The fraction of sp³-hybridized carbons (Fsp3) is 0.0714. The fourth-order valence-electron chi connectivity index (χ4n) is 1.85. The normalized spacial score (nSPS) is 11.1. The molecule has 0 atom stereocenters. The molecule has 21 heavy (non-hydrogen) atoms. The molecule has 0 aliphatic heterocycles. The Kier molecular flexibility index (Phi) is 4.25. The molecule has 0 spiro atoms. The van der Waals surface area contributed by atoms with Crippen LogP contribution in [0.3, 0.4) is 0 Å². The maximum Gasteiger partial charge on any atom is 0.238 e. The van der Waals surface area contributed by atoms with Crippen LogP contribution in [0.5, 0.6) is 0 Å². The number of para-hydroxylation sites is 1. The minimum absolute atomic E-state index is 0.0130. The van der Waals surface area contributed by atoms with E-state index in [0.717, 1.165) is 5.69 Å². The fourth-order valence-corrected chi connectivity index (χ4v) is 2.58. The highest BCUT2D eigenvalue weighted by Crippen LogP contribution is 2.18. The van der Waals surface area contributed by atoms with Crippen LogP contribution in [0.2, 0.25) is 0 Å². The number of primary sulfonamides is 1. The molecule has 2 aromatic carbocycles. The van der Waals surface area contributed by atoms with E-state index in [2.05, 4.69) is 5.32 Å². The summed E-state index contributed by atoms with van der Waals surface area (Å²) in [5.41, 5.74) is 6.65. The Balaban J connectivity index is 2.25. The summed E-state index contributed by atoms with van der Waals surface area (Å²) in [6.45, 7) is -0.0595. The van der Waals surface area contributed by atoms with Crippen LogP contribution in [0, 0.1) is 0 Å². The second-order valence-corrected chi connectivity index (χ2v) is 5.97. The Bertz CT molecular complexity index is 758. The van der Waals surface area contributed by atoms with Crippen molar-refractivity contribution in [1.29, 1.82) is 0 Å².